The van der Waals surface area contributed by atoms with E-state index < -0.39 is 0 Å². The number of hydrogen-bond donors (Lipinski definition) is 1. The molecule has 0 saturated heterocycles. The van der Waals surface area contributed by atoms with Crippen molar-refractivity contribution in [3.63, 3.8) is 0 Å². The van der Waals surface area contributed by atoms with Crippen LogP contribution in [0.2, 0.25) is 0 Å². The summed E-state index contributed by atoms with van der Waals surface area (Å²) in [5.74, 6) is 0. The van der Waals surface area contributed by atoms with Gasteiger partial charge in [-0.3, -0.25) is 4.84 Å². The zero-order chi connectivity index (χ0) is 10.5. The van der Waals surface area contributed by atoms with Gasteiger partial charge in [0.15, 0.2) is 0 Å². The van der Waals surface area contributed by atoms with Crippen molar-refractivity contribution in [3.8, 4) is 6.07 Å². The Kier molecular flexibility index (Phi) is 4.38. The van der Waals surface area contributed by atoms with Crippen molar-refractivity contribution >= 4 is 0 Å². The van der Waals surface area contributed by atoms with Gasteiger partial charge < -0.3 is 0 Å². The van der Waals surface area contributed by atoms with E-state index in [0.29, 0.717) is 6.54 Å². The summed E-state index contributed by atoms with van der Waals surface area (Å²) in [6.45, 7) is 10.5. The molecule has 0 aliphatic rings. The fourth-order valence-electron chi connectivity index (χ4n) is 0.687. The van der Waals surface area contributed by atoms with E-state index >= 15 is 0 Å². The summed E-state index contributed by atoms with van der Waals surface area (Å²) >= 11 is 0. The molecule has 0 rings (SSSR count). The first kappa shape index (κ1) is 12.4. The maximum atomic E-state index is 8.73. The predicted octanol–water partition coefficient (Wildman–Crippen LogP) is 2.25. The highest BCUT2D eigenvalue weighted by molar-refractivity contribution is 4.91. The lowest BCUT2D eigenvalue weighted by molar-refractivity contribution is -0.0741. The van der Waals surface area contributed by atoms with Gasteiger partial charge in [-0.25, -0.2) is 5.48 Å². The van der Waals surface area contributed by atoms with Crippen molar-refractivity contribution in [1.29, 1.82) is 5.26 Å². The second-order valence-corrected chi connectivity index (χ2v) is 4.85. The van der Waals surface area contributed by atoms with Crippen LogP contribution >= 0.6 is 0 Å². The smallest absolute Gasteiger partial charge is 0.0812 e. The summed E-state index contributed by atoms with van der Waals surface area (Å²) in [6.07, 6.45) is 0.791. The Bertz CT molecular complexity index is 186. The van der Waals surface area contributed by atoms with Crippen LogP contribution in [0.5, 0.6) is 0 Å². The molecule has 0 atom stereocenters. The number of nitrogens with one attached hydrogen (secondary N) is 1. The molecule has 0 saturated carbocycles. The van der Waals surface area contributed by atoms with Crippen molar-refractivity contribution in [2.75, 3.05) is 6.54 Å². The maximum Gasteiger partial charge on any atom is 0.0812 e. The minimum atomic E-state index is -0.270. The third kappa shape index (κ3) is 7.76. The minimum absolute atomic E-state index is 0.170. The first-order valence-corrected chi connectivity index (χ1v) is 4.59. The van der Waals surface area contributed by atoms with E-state index in [4.69, 9.17) is 10.1 Å². The zero-order valence-corrected chi connectivity index (χ0v) is 9.27. The standard InChI is InChI=1S/C10H20N2O/c1-9(2,3)13-12-7-6-10(4,5)8-11/h12H,6-7H2,1-5H3. The summed E-state index contributed by atoms with van der Waals surface area (Å²) in [4.78, 5) is 5.31. The van der Waals surface area contributed by atoms with Crippen LogP contribution in [0.25, 0.3) is 0 Å². The molecule has 13 heavy (non-hydrogen) atoms. The van der Waals surface area contributed by atoms with Crippen LogP contribution in [0.1, 0.15) is 41.0 Å². The minimum Gasteiger partial charge on any atom is -0.296 e. The van der Waals surface area contributed by atoms with E-state index in [-0.39, 0.29) is 11.0 Å². The topological polar surface area (TPSA) is 45.0 Å². The van der Waals surface area contributed by atoms with Gasteiger partial charge in [0.25, 0.3) is 0 Å². The van der Waals surface area contributed by atoms with Gasteiger partial charge in [0.05, 0.1) is 17.1 Å². The van der Waals surface area contributed by atoms with Gasteiger partial charge in [0, 0.05) is 6.54 Å². The van der Waals surface area contributed by atoms with E-state index in [0.717, 1.165) is 6.42 Å². The third-order valence-corrected chi connectivity index (χ3v) is 1.53. The van der Waals surface area contributed by atoms with Gasteiger partial charge >= 0.3 is 0 Å². The first-order chi connectivity index (χ1) is 5.77. The molecule has 0 aliphatic carbocycles. The molecule has 0 heterocycles. The van der Waals surface area contributed by atoms with Crippen LogP contribution < -0.4 is 5.48 Å². The summed E-state index contributed by atoms with van der Waals surface area (Å²) in [5, 5.41) is 8.73. The zero-order valence-electron chi connectivity index (χ0n) is 9.27. The SMILES string of the molecule is CC(C)(C#N)CCNOC(C)(C)C. The summed E-state index contributed by atoms with van der Waals surface area (Å²) < 4.78 is 0. The Balaban J connectivity index is 3.54. The Morgan fingerprint density at radius 3 is 2.15 bits per heavy atom. The largest absolute Gasteiger partial charge is 0.296 e. The highest BCUT2D eigenvalue weighted by Crippen LogP contribution is 2.17. The molecule has 0 radical (unpaired) electrons. The van der Waals surface area contributed by atoms with Crippen LogP contribution in [-0.2, 0) is 4.84 Å². The quantitative estimate of drug-likeness (QED) is 0.538. The second-order valence-electron chi connectivity index (χ2n) is 4.85. The lowest BCUT2D eigenvalue weighted by atomic mass is 9.92. The van der Waals surface area contributed by atoms with Crippen molar-refractivity contribution in [3.05, 3.63) is 0 Å². The molecule has 0 unspecified atom stereocenters. The number of hydroxylamine groups is 1. The molecule has 0 fully saturated rings. The lowest BCUT2D eigenvalue weighted by Gasteiger charge is -2.21. The number of nitriles is 1. The van der Waals surface area contributed by atoms with Crippen LogP contribution in [-0.4, -0.2) is 12.1 Å². The molecule has 0 amide bonds. The highest BCUT2D eigenvalue weighted by atomic mass is 16.7. The molecule has 0 spiro atoms. The first-order valence-electron chi connectivity index (χ1n) is 4.59. The van der Waals surface area contributed by atoms with Gasteiger partial charge in [-0.05, 0) is 41.0 Å². The fraction of sp³-hybridized carbons (Fsp3) is 0.900. The molecule has 0 aliphatic heterocycles. The molecule has 1 N–H and O–H groups in total. The van der Waals surface area contributed by atoms with Gasteiger partial charge in [-0.1, -0.05) is 0 Å². The molecule has 3 nitrogen and oxygen atoms in total. The predicted molar refractivity (Wildman–Crippen MR) is 52.9 cm³/mol. The highest BCUT2D eigenvalue weighted by Gasteiger charge is 2.16. The molecule has 3 heteroatoms. The lowest BCUT2D eigenvalue weighted by Crippen LogP contribution is -2.31. The fourth-order valence-corrected chi connectivity index (χ4v) is 0.687. The normalized spacial score (nSPS) is 12.6. The Hall–Kier alpha value is -0.590. The van der Waals surface area contributed by atoms with Crippen LogP contribution in [0.15, 0.2) is 0 Å². The molecule has 0 bridgehead atoms. The van der Waals surface area contributed by atoms with Crippen molar-refractivity contribution in [2.24, 2.45) is 5.41 Å². The van der Waals surface area contributed by atoms with E-state index in [1.165, 1.54) is 0 Å². The van der Waals surface area contributed by atoms with Crippen LogP contribution in [0, 0.1) is 16.7 Å². The average Bonchev–Trinajstić information content (AvgIpc) is 1.97. The Labute approximate surface area is 81.0 Å². The average molecular weight is 184 g/mol. The molecule has 76 valence electrons. The molecular weight excluding hydrogens is 164 g/mol. The maximum absolute atomic E-state index is 8.73. The van der Waals surface area contributed by atoms with Crippen molar-refractivity contribution < 1.29 is 4.84 Å². The van der Waals surface area contributed by atoms with Gasteiger partial charge in [-0.2, -0.15) is 5.26 Å². The summed E-state index contributed by atoms with van der Waals surface area (Å²) in [6, 6.07) is 2.24. The molecule has 0 aromatic rings. The second kappa shape index (κ2) is 4.59. The van der Waals surface area contributed by atoms with Crippen molar-refractivity contribution in [1.82, 2.24) is 5.48 Å². The Morgan fingerprint density at radius 2 is 1.77 bits per heavy atom. The Morgan fingerprint density at radius 1 is 1.23 bits per heavy atom. The van der Waals surface area contributed by atoms with E-state index in [1.807, 2.05) is 34.6 Å². The number of hydrogen-bond acceptors (Lipinski definition) is 3. The van der Waals surface area contributed by atoms with Gasteiger partial charge in [0.1, 0.15) is 0 Å². The van der Waals surface area contributed by atoms with E-state index in [2.05, 4.69) is 11.5 Å². The van der Waals surface area contributed by atoms with Crippen LogP contribution in [0.4, 0.5) is 0 Å². The van der Waals surface area contributed by atoms with Crippen LogP contribution in [0.3, 0.4) is 0 Å². The number of rotatable bonds is 4. The summed E-state index contributed by atoms with van der Waals surface area (Å²) in [5.41, 5.74) is 2.43. The summed E-state index contributed by atoms with van der Waals surface area (Å²) in [7, 11) is 0. The molecule has 0 aromatic carbocycles. The van der Waals surface area contributed by atoms with Gasteiger partial charge in [0.2, 0.25) is 0 Å². The van der Waals surface area contributed by atoms with E-state index in [1.54, 1.807) is 0 Å². The van der Waals surface area contributed by atoms with Gasteiger partial charge in [-0.15, -0.1) is 0 Å². The van der Waals surface area contributed by atoms with Crippen molar-refractivity contribution in [2.45, 2.75) is 46.6 Å². The monoisotopic (exact) mass is 184 g/mol. The molecular formula is C10H20N2O. The van der Waals surface area contributed by atoms with E-state index in [9.17, 15) is 0 Å². The molecule has 0 aromatic heterocycles. The third-order valence-electron chi connectivity index (χ3n) is 1.53. The number of nitrogens with zero attached hydrogens (tertiary/aromatic N) is 1.